The third-order valence-electron chi connectivity index (χ3n) is 3.62. The lowest BCUT2D eigenvalue weighted by Gasteiger charge is -2.20. The van der Waals surface area contributed by atoms with Crippen LogP contribution < -0.4 is 16.4 Å². The summed E-state index contributed by atoms with van der Waals surface area (Å²) in [6, 6.07) is 9.74. The van der Waals surface area contributed by atoms with Crippen molar-refractivity contribution in [3.05, 3.63) is 71.3 Å². The Balaban J connectivity index is 2.27. The molecule has 2 atom stereocenters. The van der Waals surface area contributed by atoms with Crippen molar-refractivity contribution in [3.63, 3.8) is 0 Å². The number of benzene rings is 2. The van der Waals surface area contributed by atoms with Crippen molar-refractivity contribution in [2.24, 2.45) is 5.73 Å². The summed E-state index contributed by atoms with van der Waals surface area (Å²) in [5.41, 5.74) is 5.89. The first-order chi connectivity index (χ1) is 11.4. The SMILES string of the molecule is C[C@H]([NH2+][C@H](C(=O)NC(N)=O)c1ccccc1)c1ccc(F)cc1F. The second kappa shape index (κ2) is 7.65. The highest BCUT2D eigenvalue weighted by atomic mass is 19.1. The molecule has 2 rings (SSSR count). The van der Waals surface area contributed by atoms with E-state index in [-0.39, 0.29) is 5.56 Å². The van der Waals surface area contributed by atoms with Crippen LogP contribution in [0.5, 0.6) is 0 Å². The molecule has 24 heavy (non-hydrogen) atoms. The van der Waals surface area contributed by atoms with Crippen LogP contribution in [-0.4, -0.2) is 11.9 Å². The summed E-state index contributed by atoms with van der Waals surface area (Å²) in [4.78, 5) is 23.2. The van der Waals surface area contributed by atoms with Crippen molar-refractivity contribution in [2.75, 3.05) is 0 Å². The van der Waals surface area contributed by atoms with E-state index in [1.54, 1.807) is 42.6 Å². The minimum absolute atomic E-state index is 0.254. The van der Waals surface area contributed by atoms with Crippen LogP contribution in [-0.2, 0) is 4.79 Å². The minimum atomic E-state index is -0.963. The number of nitrogens with one attached hydrogen (secondary N) is 1. The van der Waals surface area contributed by atoms with E-state index in [0.29, 0.717) is 5.56 Å². The minimum Gasteiger partial charge on any atom is -0.351 e. The first kappa shape index (κ1) is 17.6. The maximum absolute atomic E-state index is 13.9. The maximum atomic E-state index is 13.9. The molecular weight excluding hydrogens is 316 g/mol. The van der Waals surface area contributed by atoms with Crippen LogP contribution in [0.1, 0.15) is 30.1 Å². The van der Waals surface area contributed by atoms with Crippen LogP contribution in [0.25, 0.3) is 0 Å². The van der Waals surface area contributed by atoms with E-state index in [1.807, 2.05) is 5.32 Å². The van der Waals surface area contributed by atoms with Gasteiger partial charge in [-0.05, 0) is 19.1 Å². The molecule has 126 valence electrons. The fourth-order valence-electron chi connectivity index (χ4n) is 2.47. The van der Waals surface area contributed by atoms with Gasteiger partial charge < -0.3 is 11.1 Å². The van der Waals surface area contributed by atoms with Gasteiger partial charge in [0.05, 0.1) is 0 Å². The van der Waals surface area contributed by atoms with E-state index >= 15 is 0 Å². The molecular formula is C17H18F2N3O2+. The average Bonchev–Trinajstić information content (AvgIpc) is 2.52. The van der Waals surface area contributed by atoms with Gasteiger partial charge in [-0.3, -0.25) is 10.1 Å². The van der Waals surface area contributed by atoms with E-state index in [9.17, 15) is 18.4 Å². The maximum Gasteiger partial charge on any atom is 0.319 e. The highest BCUT2D eigenvalue weighted by molar-refractivity contribution is 5.96. The second-order valence-electron chi connectivity index (χ2n) is 5.39. The first-order valence-electron chi connectivity index (χ1n) is 7.33. The molecule has 0 spiro atoms. The number of amides is 3. The van der Waals surface area contributed by atoms with Gasteiger partial charge in [-0.1, -0.05) is 30.3 Å². The molecule has 0 saturated carbocycles. The molecule has 0 saturated heterocycles. The molecule has 5 nitrogen and oxygen atoms in total. The Morgan fingerprint density at radius 2 is 1.79 bits per heavy atom. The monoisotopic (exact) mass is 334 g/mol. The molecule has 0 unspecified atom stereocenters. The van der Waals surface area contributed by atoms with Gasteiger partial charge >= 0.3 is 6.03 Å². The van der Waals surface area contributed by atoms with Gasteiger partial charge in [0.15, 0.2) is 6.04 Å². The summed E-state index contributed by atoms with van der Waals surface area (Å²) in [5.74, 6) is -1.97. The molecule has 0 fully saturated rings. The van der Waals surface area contributed by atoms with Gasteiger partial charge in [0.25, 0.3) is 5.91 Å². The molecule has 0 bridgehead atoms. The van der Waals surface area contributed by atoms with E-state index in [0.717, 1.165) is 12.1 Å². The fourth-order valence-corrected chi connectivity index (χ4v) is 2.47. The zero-order chi connectivity index (χ0) is 17.7. The zero-order valence-electron chi connectivity index (χ0n) is 13.0. The molecule has 7 heteroatoms. The van der Waals surface area contributed by atoms with Crippen LogP contribution in [0, 0.1) is 11.6 Å². The zero-order valence-corrected chi connectivity index (χ0v) is 13.0. The lowest BCUT2D eigenvalue weighted by atomic mass is 10.0. The summed E-state index contributed by atoms with van der Waals surface area (Å²) in [6.45, 7) is 1.68. The highest BCUT2D eigenvalue weighted by Gasteiger charge is 2.28. The summed E-state index contributed by atoms with van der Waals surface area (Å²) < 4.78 is 27.0. The summed E-state index contributed by atoms with van der Waals surface area (Å²) in [6.07, 6.45) is 0. The number of imide groups is 1. The standard InChI is InChI=1S/C17H17F2N3O2/c1-10(13-8-7-12(18)9-14(13)19)21-15(16(23)22-17(20)24)11-5-3-2-4-6-11/h2-10,15,21H,1H3,(H3,20,22,23,24)/p+1/t10-,15-/m0/s1. The van der Waals surface area contributed by atoms with E-state index < -0.39 is 35.7 Å². The number of quaternary nitrogens is 1. The van der Waals surface area contributed by atoms with Gasteiger partial charge in [0.2, 0.25) is 0 Å². The summed E-state index contributed by atoms with van der Waals surface area (Å²) in [5, 5.41) is 3.62. The Morgan fingerprint density at radius 3 is 2.38 bits per heavy atom. The van der Waals surface area contributed by atoms with Gasteiger partial charge in [-0.15, -0.1) is 0 Å². The number of rotatable bonds is 5. The Bertz CT molecular complexity index is 738. The molecule has 0 aliphatic heterocycles. The van der Waals surface area contributed by atoms with Crippen molar-refractivity contribution in [2.45, 2.75) is 19.0 Å². The summed E-state index contributed by atoms with van der Waals surface area (Å²) in [7, 11) is 0. The van der Waals surface area contributed by atoms with Crippen LogP contribution in [0.15, 0.2) is 48.5 Å². The van der Waals surface area contributed by atoms with E-state index in [2.05, 4.69) is 0 Å². The average molecular weight is 334 g/mol. The molecule has 5 N–H and O–H groups in total. The number of carbonyl (C=O) groups is 2. The Morgan fingerprint density at radius 1 is 1.12 bits per heavy atom. The fraction of sp³-hybridized carbons (Fsp3) is 0.176. The smallest absolute Gasteiger partial charge is 0.319 e. The third kappa shape index (κ3) is 4.36. The number of primary amides is 1. The van der Waals surface area contributed by atoms with Crippen LogP contribution in [0.3, 0.4) is 0 Å². The second-order valence-corrected chi connectivity index (χ2v) is 5.39. The van der Waals surface area contributed by atoms with Crippen molar-refractivity contribution in [3.8, 4) is 0 Å². The number of hydrogen-bond acceptors (Lipinski definition) is 2. The lowest BCUT2D eigenvalue weighted by Crippen LogP contribution is -2.88. The number of nitrogens with two attached hydrogens (primary N) is 2. The Hall–Kier alpha value is -2.80. The van der Waals surface area contributed by atoms with Crippen molar-refractivity contribution in [1.29, 1.82) is 0 Å². The quantitative estimate of drug-likeness (QED) is 0.774. The van der Waals surface area contributed by atoms with E-state index in [4.69, 9.17) is 5.73 Å². The van der Waals surface area contributed by atoms with Crippen LogP contribution >= 0.6 is 0 Å². The molecule has 0 heterocycles. The lowest BCUT2D eigenvalue weighted by molar-refractivity contribution is -0.719. The molecule has 0 aliphatic carbocycles. The number of halogens is 2. The molecule has 3 amide bonds. The topological polar surface area (TPSA) is 88.8 Å². The van der Waals surface area contributed by atoms with Gasteiger partial charge in [0, 0.05) is 17.2 Å². The van der Waals surface area contributed by atoms with Crippen molar-refractivity contribution < 1.29 is 23.7 Å². The molecule has 0 radical (unpaired) electrons. The van der Waals surface area contributed by atoms with Gasteiger partial charge in [0.1, 0.15) is 17.7 Å². The largest absolute Gasteiger partial charge is 0.351 e. The Kier molecular flexibility index (Phi) is 5.59. The molecule has 2 aromatic carbocycles. The predicted octanol–water partition coefficient (Wildman–Crippen LogP) is 1.53. The summed E-state index contributed by atoms with van der Waals surface area (Å²) >= 11 is 0. The third-order valence-corrected chi connectivity index (χ3v) is 3.62. The normalized spacial score (nSPS) is 13.1. The predicted molar refractivity (Wildman–Crippen MR) is 83.6 cm³/mol. The number of hydrogen-bond donors (Lipinski definition) is 3. The van der Waals surface area contributed by atoms with E-state index in [1.165, 1.54) is 6.07 Å². The van der Waals surface area contributed by atoms with Crippen molar-refractivity contribution in [1.82, 2.24) is 5.32 Å². The number of urea groups is 1. The Labute approximate surface area is 137 Å². The van der Waals surface area contributed by atoms with Gasteiger partial charge in [-0.25, -0.2) is 13.6 Å². The highest BCUT2D eigenvalue weighted by Crippen LogP contribution is 2.17. The first-order valence-corrected chi connectivity index (χ1v) is 7.33. The van der Waals surface area contributed by atoms with Crippen molar-refractivity contribution >= 4 is 11.9 Å². The number of carbonyl (C=O) groups excluding carboxylic acids is 2. The molecule has 0 aliphatic rings. The molecule has 2 aromatic rings. The van der Waals surface area contributed by atoms with Gasteiger partial charge in [-0.2, -0.15) is 0 Å². The van der Waals surface area contributed by atoms with Crippen LogP contribution in [0.4, 0.5) is 13.6 Å². The van der Waals surface area contributed by atoms with Crippen LogP contribution in [0.2, 0.25) is 0 Å². The molecule has 0 aromatic heterocycles.